The first-order chi connectivity index (χ1) is 44.8. The Morgan fingerprint density at radius 1 is 0.380 bits per heavy atom. The topological polar surface area (TPSA) is 307 Å². The maximum atomic E-state index is 13.4. The second-order valence-corrected chi connectivity index (χ2v) is 26.7. The van der Waals surface area contributed by atoms with Gasteiger partial charge in [0.05, 0.1) is 38.6 Å². The highest BCUT2D eigenvalue weighted by Crippen LogP contribution is 2.33. The third kappa shape index (κ3) is 36.0. The van der Waals surface area contributed by atoms with E-state index >= 15 is 0 Å². The van der Waals surface area contributed by atoms with Gasteiger partial charge in [0.15, 0.2) is 18.9 Å². The van der Waals surface area contributed by atoms with E-state index in [1.165, 1.54) is 212 Å². The van der Waals surface area contributed by atoms with Gasteiger partial charge in [-0.2, -0.15) is 0 Å². The van der Waals surface area contributed by atoms with Crippen molar-refractivity contribution in [2.75, 3.05) is 26.4 Å². The first kappa shape index (κ1) is 84.2. The van der Waals surface area contributed by atoms with Crippen molar-refractivity contribution in [3.05, 3.63) is 36.5 Å². The molecule has 0 aliphatic carbocycles. The molecular weight excluding hydrogens is 1180 g/mol. The lowest BCUT2D eigenvalue weighted by atomic mass is 9.96. The first-order valence-corrected chi connectivity index (χ1v) is 37.2. The van der Waals surface area contributed by atoms with E-state index < -0.39 is 124 Å². The van der Waals surface area contributed by atoms with Crippen LogP contribution in [-0.4, -0.2) is 193 Å². The Morgan fingerprint density at radius 2 is 0.696 bits per heavy atom. The molecule has 0 spiro atoms. The molecule has 3 rings (SSSR count). The monoisotopic (exact) mass is 1310 g/mol. The molecule has 12 N–H and O–H groups in total. The van der Waals surface area contributed by atoms with E-state index in [2.05, 4.69) is 43.5 Å². The van der Waals surface area contributed by atoms with Gasteiger partial charge in [0, 0.05) is 6.42 Å². The summed E-state index contributed by atoms with van der Waals surface area (Å²) in [7, 11) is 0. The molecule has 0 bridgehead atoms. The molecule has 3 heterocycles. The van der Waals surface area contributed by atoms with E-state index in [1.807, 2.05) is 6.08 Å². The van der Waals surface area contributed by atoms with Crippen molar-refractivity contribution >= 4 is 5.91 Å². The minimum Gasteiger partial charge on any atom is -0.394 e. The molecule has 19 nitrogen and oxygen atoms in total. The maximum absolute atomic E-state index is 13.4. The molecule has 3 fully saturated rings. The van der Waals surface area contributed by atoms with E-state index in [-0.39, 0.29) is 18.9 Å². The van der Waals surface area contributed by atoms with Gasteiger partial charge < -0.3 is 89.9 Å². The molecule has 17 atom stereocenters. The van der Waals surface area contributed by atoms with Crippen LogP contribution in [-0.2, 0) is 33.2 Å². The van der Waals surface area contributed by atoms with Gasteiger partial charge in [-0.1, -0.05) is 275 Å². The highest BCUT2D eigenvalue weighted by Gasteiger charge is 2.53. The minimum atomic E-state index is -1.98. The average Bonchev–Trinajstić information content (AvgIpc) is 0.813. The fourth-order valence-corrected chi connectivity index (χ4v) is 12.6. The van der Waals surface area contributed by atoms with Gasteiger partial charge in [-0.3, -0.25) is 4.79 Å². The van der Waals surface area contributed by atoms with E-state index in [9.17, 15) is 61.0 Å². The summed E-state index contributed by atoms with van der Waals surface area (Å²) in [6.07, 6.45) is 38.5. The fourth-order valence-electron chi connectivity index (χ4n) is 12.6. The molecule has 17 unspecified atom stereocenters. The van der Waals surface area contributed by atoms with Gasteiger partial charge in [0.2, 0.25) is 5.91 Å². The number of ether oxygens (including phenoxy) is 6. The lowest BCUT2D eigenvalue weighted by Gasteiger charge is -2.48. The highest BCUT2D eigenvalue weighted by atomic mass is 16.8. The number of unbranched alkanes of at least 4 members (excludes halogenated alkanes) is 38. The predicted octanol–water partition coefficient (Wildman–Crippen LogP) is 10.8. The molecular formula is C73H135NO18. The third-order valence-corrected chi connectivity index (χ3v) is 18.7. The molecule has 0 saturated carbocycles. The van der Waals surface area contributed by atoms with Crippen LogP contribution < -0.4 is 5.32 Å². The fraction of sp³-hybridized carbons (Fsp3) is 0.904. The number of hydrogen-bond acceptors (Lipinski definition) is 18. The molecule has 92 heavy (non-hydrogen) atoms. The average molecular weight is 1310 g/mol. The summed E-state index contributed by atoms with van der Waals surface area (Å²) < 4.78 is 34.4. The molecule has 0 aromatic carbocycles. The summed E-state index contributed by atoms with van der Waals surface area (Å²) >= 11 is 0. The Hall–Kier alpha value is -1.99. The van der Waals surface area contributed by atoms with Gasteiger partial charge in [-0.15, -0.1) is 0 Å². The molecule has 3 aliphatic rings. The third-order valence-electron chi connectivity index (χ3n) is 18.7. The van der Waals surface area contributed by atoms with Crippen LogP contribution in [0.4, 0.5) is 0 Å². The van der Waals surface area contributed by atoms with Gasteiger partial charge in [-0.05, 0) is 44.9 Å². The second-order valence-electron chi connectivity index (χ2n) is 26.7. The van der Waals surface area contributed by atoms with Gasteiger partial charge in [-0.25, -0.2) is 0 Å². The summed E-state index contributed by atoms with van der Waals surface area (Å²) in [6, 6.07) is -0.995. The number of aliphatic hydroxyl groups is 11. The number of hydrogen-bond donors (Lipinski definition) is 12. The molecule has 0 radical (unpaired) electrons. The number of amides is 1. The first-order valence-electron chi connectivity index (χ1n) is 37.2. The quantitative estimate of drug-likeness (QED) is 0.0199. The SMILES string of the molecule is CCCCCCCCCCCC/C=C/CC/C=C/CC/C=C/C(O)C(COC1OC(CO)C(OC2OC(CO)C(OC3OC(CO)C(O)C(O)C3O)C(O)C2O)C(O)C1O)NC(=O)CCCCCCCCCCCCCCCCCCCCCCCCCCCCC. The summed E-state index contributed by atoms with van der Waals surface area (Å²) in [5.41, 5.74) is 0. The van der Waals surface area contributed by atoms with Gasteiger partial charge in [0.1, 0.15) is 73.2 Å². The van der Waals surface area contributed by atoms with Crippen molar-refractivity contribution in [1.29, 1.82) is 0 Å². The highest BCUT2D eigenvalue weighted by molar-refractivity contribution is 5.76. The van der Waals surface area contributed by atoms with Crippen LogP contribution in [0.1, 0.15) is 290 Å². The van der Waals surface area contributed by atoms with Crippen LogP contribution >= 0.6 is 0 Å². The summed E-state index contributed by atoms with van der Waals surface area (Å²) in [4.78, 5) is 13.4. The Kier molecular flexibility index (Phi) is 50.3. The Labute approximate surface area is 555 Å². The Morgan fingerprint density at radius 3 is 1.09 bits per heavy atom. The lowest BCUT2D eigenvalue weighted by molar-refractivity contribution is -0.379. The number of allylic oxidation sites excluding steroid dienone is 5. The van der Waals surface area contributed by atoms with Crippen LogP contribution in [0.5, 0.6) is 0 Å². The number of rotatable bonds is 58. The van der Waals surface area contributed by atoms with E-state index in [1.54, 1.807) is 6.08 Å². The number of carbonyl (C=O) groups excluding carboxylic acids is 1. The van der Waals surface area contributed by atoms with Crippen LogP contribution in [0.2, 0.25) is 0 Å². The Balaban J connectivity index is 1.42. The zero-order valence-corrected chi connectivity index (χ0v) is 57.3. The van der Waals surface area contributed by atoms with Crippen molar-refractivity contribution < 1.29 is 89.4 Å². The number of nitrogens with one attached hydrogen (secondary N) is 1. The molecule has 3 saturated heterocycles. The summed E-state index contributed by atoms with van der Waals surface area (Å²) in [5, 5.41) is 121. The van der Waals surface area contributed by atoms with E-state index in [4.69, 9.17) is 28.4 Å². The maximum Gasteiger partial charge on any atom is 0.220 e. The van der Waals surface area contributed by atoms with Crippen molar-refractivity contribution in [3.8, 4) is 0 Å². The molecule has 1 amide bonds. The molecule has 540 valence electrons. The molecule has 0 aromatic heterocycles. The standard InChI is InChI=1S/C73H135NO18/c1-3-5-7-9-11-13-15-17-19-21-23-25-26-27-28-29-30-31-33-35-37-39-41-43-45-47-49-51-61(79)74-56(57(78)50-48-46-44-42-40-38-36-34-32-24-22-20-18-16-14-12-10-8-6-4-2)55-87-71-67(85)64(82)69(59(53-76)89-71)92-73-68(86)65(83)70(60(54-77)90-73)91-72-66(84)63(81)62(80)58(52-75)88-72/h32,34,40,42,48,50,56-60,62-73,75-78,80-86H,3-31,33,35-39,41,43-47,49,51-55H2,1-2H3,(H,74,79)/b34-32+,42-40+,50-48+. The second kappa shape index (κ2) is 55.0. The zero-order chi connectivity index (χ0) is 66.8. The van der Waals surface area contributed by atoms with Crippen molar-refractivity contribution in [1.82, 2.24) is 5.32 Å². The van der Waals surface area contributed by atoms with Crippen LogP contribution in [0.15, 0.2) is 36.5 Å². The summed E-state index contributed by atoms with van der Waals surface area (Å²) in [6.45, 7) is 1.74. The molecule has 19 heteroatoms. The normalized spacial score (nSPS) is 27.9. The lowest BCUT2D eigenvalue weighted by Crippen LogP contribution is -2.66. The van der Waals surface area contributed by atoms with Crippen LogP contribution in [0.25, 0.3) is 0 Å². The van der Waals surface area contributed by atoms with E-state index in [0.29, 0.717) is 12.8 Å². The number of carbonyl (C=O) groups is 1. The van der Waals surface area contributed by atoms with E-state index in [0.717, 1.165) is 44.9 Å². The predicted molar refractivity (Wildman–Crippen MR) is 360 cm³/mol. The smallest absolute Gasteiger partial charge is 0.220 e. The van der Waals surface area contributed by atoms with Crippen LogP contribution in [0, 0.1) is 0 Å². The molecule has 0 aromatic rings. The largest absolute Gasteiger partial charge is 0.394 e. The minimum absolute atomic E-state index is 0.236. The Bertz CT molecular complexity index is 1810. The number of aliphatic hydroxyl groups excluding tert-OH is 11. The summed E-state index contributed by atoms with van der Waals surface area (Å²) in [5.74, 6) is -0.284. The molecule has 3 aliphatic heterocycles. The van der Waals surface area contributed by atoms with Gasteiger partial charge >= 0.3 is 0 Å². The van der Waals surface area contributed by atoms with Crippen molar-refractivity contribution in [2.45, 2.75) is 394 Å². The van der Waals surface area contributed by atoms with Gasteiger partial charge in [0.25, 0.3) is 0 Å². The van der Waals surface area contributed by atoms with Crippen LogP contribution in [0.3, 0.4) is 0 Å². The van der Waals surface area contributed by atoms with Crippen molar-refractivity contribution in [2.24, 2.45) is 0 Å². The zero-order valence-electron chi connectivity index (χ0n) is 57.3. The van der Waals surface area contributed by atoms with Crippen molar-refractivity contribution in [3.63, 3.8) is 0 Å².